The molecule has 1 aromatic rings. The Morgan fingerprint density at radius 1 is 1.40 bits per heavy atom. The fraction of sp³-hybridized carbons (Fsp3) is 0.786. The summed E-state index contributed by atoms with van der Waals surface area (Å²) in [5.41, 5.74) is 3.03. The number of hydrazine groups is 1. The van der Waals surface area contributed by atoms with Crippen LogP contribution in [-0.2, 0) is 13.5 Å². The SMILES string of the molecule is CN1CCCN(C)C(C(CCc2nccn2C)NN)C1. The van der Waals surface area contributed by atoms with Crippen LogP contribution in [0.4, 0.5) is 0 Å². The van der Waals surface area contributed by atoms with E-state index in [4.69, 9.17) is 5.84 Å². The monoisotopic (exact) mass is 280 g/mol. The summed E-state index contributed by atoms with van der Waals surface area (Å²) in [4.78, 5) is 9.23. The molecule has 0 aliphatic carbocycles. The molecule has 0 aromatic carbocycles. The Balaban J connectivity index is 1.97. The predicted octanol–water partition coefficient (Wildman–Crippen LogP) is -0.179. The van der Waals surface area contributed by atoms with Crippen LogP contribution in [0.3, 0.4) is 0 Å². The van der Waals surface area contributed by atoms with Crippen molar-refractivity contribution in [2.75, 3.05) is 33.7 Å². The molecule has 1 fully saturated rings. The van der Waals surface area contributed by atoms with E-state index in [2.05, 4.69) is 38.9 Å². The minimum absolute atomic E-state index is 0.289. The van der Waals surface area contributed by atoms with Gasteiger partial charge in [0.15, 0.2) is 0 Å². The standard InChI is InChI=1S/C14H28N6/c1-18-8-4-9-19(2)13(11-18)12(17-15)5-6-14-16-7-10-20(14)3/h7,10,12-13,17H,4-6,8-9,11,15H2,1-3H3. The Morgan fingerprint density at radius 2 is 2.20 bits per heavy atom. The molecule has 1 aromatic heterocycles. The number of nitrogens with zero attached hydrogens (tertiary/aromatic N) is 4. The van der Waals surface area contributed by atoms with E-state index in [0.29, 0.717) is 6.04 Å². The van der Waals surface area contributed by atoms with Crippen LogP contribution < -0.4 is 11.3 Å². The second-order valence-electron chi connectivity index (χ2n) is 5.93. The average molecular weight is 280 g/mol. The lowest BCUT2D eigenvalue weighted by Crippen LogP contribution is -2.54. The Kier molecular flexibility index (Phi) is 5.54. The van der Waals surface area contributed by atoms with Crippen LogP contribution in [0.15, 0.2) is 12.4 Å². The van der Waals surface area contributed by atoms with Crippen molar-refractivity contribution in [2.24, 2.45) is 12.9 Å². The molecule has 3 N–H and O–H groups in total. The summed E-state index contributed by atoms with van der Waals surface area (Å²) in [5.74, 6) is 6.94. The van der Waals surface area contributed by atoms with Crippen molar-refractivity contribution in [3.63, 3.8) is 0 Å². The molecular weight excluding hydrogens is 252 g/mol. The normalized spacial score (nSPS) is 23.7. The van der Waals surface area contributed by atoms with Gasteiger partial charge in [-0.05, 0) is 40.0 Å². The maximum absolute atomic E-state index is 5.82. The summed E-state index contributed by atoms with van der Waals surface area (Å²) >= 11 is 0. The molecule has 2 heterocycles. The molecule has 114 valence electrons. The van der Waals surface area contributed by atoms with Crippen LogP contribution in [0.1, 0.15) is 18.7 Å². The highest BCUT2D eigenvalue weighted by Gasteiger charge is 2.27. The topological polar surface area (TPSA) is 62.3 Å². The maximum atomic E-state index is 5.82. The number of hydrogen-bond acceptors (Lipinski definition) is 5. The zero-order valence-corrected chi connectivity index (χ0v) is 12.9. The first-order chi connectivity index (χ1) is 9.61. The number of aromatic nitrogens is 2. The van der Waals surface area contributed by atoms with E-state index in [9.17, 15) is 0 Å². The molecule has 2 atom stereocenters. The summed E-state index contributed by atoms with van der Waals surface area (Å²) in [6.07, 6.45) is 7.02. The second kappa shape index (κ2) is 7.17. The van der Waals surface area contributed by atoms with Gasteiger partial charge < -0.3 is 14.4 Å². The number of nitrogens with one attached hydrogen (secondary N) is 1. The van der Waals surface area contributed by atoms with Gasteiger partial charge in [0.2, 0.25) is 0 Å². The van der Waals surface area contributed by atoms with Gasteiger partial charge in [-0.3, -0.25) is 11.3 Å². The number of aryl methyl sites for hydroxylation is 2. The Morgan fingerprint density at radius 3 is 2.85 bits per heavy atom. The Labute approximate surface area is 121 Å². The molecule has 0 spiro atoms. The van der Waals surface area contributed by atoms with Crippen LogP contribution in [0, 0.1) is 0 Å². The lowest BCUT2D eigenvalue weighted by atomic mass is 10.0. The molecule has 1 aliphatic rings. The molecule has 1 aliphatic heterocycles. The molecule has 6 nitrogen and oxygen atoms in total. The van der Waals surface area contributed by atoms with E-state index in [-0.39, 0.29) is 6.04 Å². The van der Waals surface area contributed by atoms with Crippen LogP contribution >= 0.6 is 0 Å². The van der Waals surface area contributed by atoms with Gasteiger partial charge in [-0.15, -0.1) is 0 Å². The number of hydrogen-bond donors (Lipinski definition) is 2. The minimum atomic E-state index is 0.289. The van der Waals surface area contributed by atoms with Crippen molar-refractivity contribution >= 4 is 0 Å². The summed E-state index contributed by atoms with van der Waals surface area (Å²) in [6, 6.07) is 0.741. The van der Waals surface area contributed by atoms with E-state index in [1.165, 1.54) is 6.42 Å². The zero-order chi connectivity index (χ0) is 14.5. The second-order valence-corrected chi connectivity index (χ2v) is 5.93. The van der Waals surface area contributed by atoms with Crippen LogP contribution in [0.5, 0.6) is 0 Å². The third-order valence-corrected chi connectivity index (χ3v) is 4.39. The van der Waals surface area contributed by atoms with Crippen molar-refractivity contribution < 1.29 is 0 Å². The molecule has 2 unspecified atom stereocenters. The molecule has 2 rings (SSSR count). The maximum Gasteiger partial charge on any atom is 0.108 e. The highest BCUT2D eigenvalue weighted by Crippen LogP contribution is 2.14. The van der Waals surface area contributed by atoms with Crippen molar-refractivity contribution in [3.05, 3.63) is 18.2 Å². The van der Waals surface area contributed by atoms with Crippen molar-refractivity contribution in [1.29, 1.82) is 0 Å². The first-order valence-corrected chi connectivity index (χ1v) is 7.43. The van der Waals surface area contributed by atoms with E-state index in [0.717, 1.165) is 38.3 Å². The summed E-state index contributed by atoms with van der Waals surface area (Å²) < 4.78 is 2.08. The lowest BCUT2D eigenvalue weighted by Gasteiger charge is -2.34. The van der Waals surface area contributed by atoms with Gasteiger partial charge in [0, 0.05) is 44.5 Å². The highest BCUT2D eigenvalue weighted by molar-refractivity contribution is 4.94. The molecule has 0 saturated carbocycles. The van der Waals surface area contributed by atoms with Crippen LogP contribution in [-0.4, -0.2) is 65.2 Å². The highest BCUT2D eigenvalue weighted by atomic mass is 15.3. The number of likely N-dealkylation sites (N-methyl/N-ethyl adjacent to an activating group) is 2. The van der Waals surface area contributed by atoms with Crippen molar-refractivity contribution in [3.8, 4) is 0 Å². The molecule has 1 saturated heterocycles. The summed E-state index contributed by atoms with van der Waals surface area (Å²) in [5, 5.41) is 0. The van der Waals surface area contributed by atoms with Crippen LogP contribution in [0.25, 0.3) is 0 Å². The molecule has 0 amide bonds. The quantitative estimate of drug-likeness (QED) is 0.579. The third-order valence-electron chi connectivity index (χ3n) is 4.39. The molecule has 0 radical (unpaired) electrons. The molecule has 6 heteroatoms. The van der Waals surface area contributed by atoms with E-state index in [1.807, 2.05) is 19.4 Å². The summed E-state index contributed by atoms with van der Waals surface area (Å²) in [7, 11) is 6.44. The number of imidazole rings is 1. The molecule has 0 bridgehead atoms. The molecular formula is C14H28N6. The van der Waals surface area contributed by atoms with Gasteiger partial charge in [0.05, 0.1) is 0 Å². The Hall–Kier alpha value is -0.950. The smallest absolute Gasteiger partial charge is 0.108 e. The summed E-state index contributed by atoms with van der Waals surface area (Å²) in [6.45, 7) is 3.36. The van der Waals surface area contributed by atoms with Gasteiger partial charge in [-0.2, -0.15) is 0 Å². The Bertz CT molecular complexity index is 404. The first-order valence-electron chi connectivity index (χ1n) is 7.43. The van der Waals surface area contributed by atoms with E-state index in [1.54, 1.807) is 0 Å². The molecule has 20 heavy (non-hydrogen) atoms. The fourth-order valence-corrected chi connectivity index (χ4v) is 3.05. The minimum Gasteiger partial charge on any atom is -0.338 e. The fourth-order valence-electron chi connectivity index (χ4n) is 3.05. The predicted molar refractivity (Wildman–Crippen MR) is 81.2 cm³/mol. The lowest BCUT2D eigenvalue weighted by molar-refractivity contribution is 0.172. The van der Waals surface area contributed by atoms with Gasteiger partial charge in [-0.1, -0.05) is 0 Å². The van der Waals surface area contributed by atoms with Crippen molar-refractivity contribution in [2.45, 2.75) is 31.3 Å². The van der Waals surface area contributed by atoms with Crippen LogP contribution in [0.2, 0.25) is 0 Å². The van der Waals surface area contributed by atoms with Gasteiger partial charge in [0.25, 0.3) is 0 Å². The number of rotatable bonds is 5. The first kappa shape index (κ1) is 15.4. The van der Waals surface area contributed by atoms with E-state index < -0.39 is 0 Å². The average Bonchev–Trinajstić information content (AvgIpc) is 2.75. The van der Waals surface area contributed by atoms with Gasteiger partial charge in [0.1, 0.15) is 5.82 Å². The van der Waals surface area contributed by atoms with E-state index >= 15 is 0 Å². The van der Waals surface area contributed by atoms with Gasteiger partial charge >= 0.3 is 0 Å². The van der Waals surface area contributed by atoms with Gasteiger partial charge in [-0.25, -0.2) is 4.98 Å². The van der Waals surface area contributed by atoms with Crippen molar-refractivity contribution in [1.82, 2.24) is 24.8 Å². The largest absolute Gasteiger partial charge is 0.338 e. The third kappa shape index (κ3) is 3.79. The zero-order valence-electron chi connectivity index (χ0n) is 12.9. The number of nitrogens with two attached hydrogens (primary N) is 1.